The van der Waals surface area contributed by atoms with Crippen LogP contribution in [0.15, 0.2) is 72.8 Å². The molecule has 186 valence electrons. The van der Waals surface area contributed by atoms with Crippen LogP contribution < -0.4 is 10.6 Å². The molecule has 8 nitrogen and oxygen atoms in total. The Kier molecular flexibility index (Phi) is 9.30. The van der Waals surface area contributed by atoms with Crippen LogP contribution in [0.3, 0.4) is 0 Å². The zero-order chi connectivity index (χ0) is 25.0. The SMILES string of the molecule is O=C(NCCCOCCOCCCNC(=O)c1ccc2ccccc2n1)c1ccc2ccccc2n1. The molecule has 0 atom stereocenters. The van der Waals surface area contributed by atoms with Crippen LogP contribution in [-0.2, 0) is 9.47 Å². The van der Waals surface area contributed by atoms with Gasteiger partial charge in [-0.15, -0.1) is 0 Å². The third-order valence-corrected chi connectivity index (χ3v) is 5.54. The predicted octanol–water partition coefficient (Wildman–Crippen LogP) is 3.76. The molecule has 2 aromatic carbocycles. The van der Waals surface area contributed by atoms with E-state index in [9.17, 15) is 9.59 Å². The normalized spacial score (nSPS) is 11.0. The second-order valence-electron chi connectivity index (χ2n) is 8.22. The van der Waals surface area contributed by atoms with Crippen LogP contribution in [0.25, 0.3) is 21.8 Å². The summed E-state index contributed by atoms with van der Waals surface area (Å²) in [6.45, 7) is 3.05. The molecule has 2 aromatic heterocycles. The van der Waals surface area contributed by atoms with Crippen LogP contribution in [0.2, 0.25) is 0 Å². The highest BCUT2D eigenvalue weighted by atomic mass is 16.5. The van der Waals surface area contributed by atoms with Crippen molar-refractivity contribution in [2.45, 2.75) is 12.8 Å². The van der Waals surface area contributed by atoms with Crippen LogP contribution in [0.5, 0.6) is 0 Å². The fourth-order valence-electron chi connectivity index (χ4n) is 3.64. The van der Waals surface area contributed by atoms with Gasteiger partial charge < -0.3 is 20.1 Å². The number of rotatable bonds is 13. The number of nitrogens with one attached hydrogen (secondary N) is 2. The topological polar surface area (TPSA) is 102 Å². The zero-order valence-electron chi connectivity index (χ0n) is 20.1. The molecule has 4 rings (SSSR count). The minimum Gasteiger partial charge on any atom is -0.379 e. The first-order valence-corrected chi connectivity index (χ1v) is 12.1. The van der Waals surface area contributed by atoms with Gasteiger partial charge in [0.05, 0.1) is 24.2 Å². The van der Waals surface area contributed by atoms with E-state index in [0.29, 0.717) is 63.7 Å². The second-order valence-corrected chi connectivity index (χ2v) is 8.22. The summed E-state index contributed by atoms with van der Waals surface area (Å²) in [7, 11) is 0. The van der Waals surface area contributed by atoms with E-state index in [1.807, 2.05) is 60.7 Å². The summed E-state index contributed by atoms with van der Waals surface area (Å²) in [5.41, 5.74) is 2.43. The van der Waals surface area contributed by atoms with E-state index in [2.05, 4.69) is 20.6 Å². The molecule has 0 aliphatic rings. The van der Waals surface area contributed by atoms with E-state index in [0.717, 1.165) is 21.8 Å². The smallest absolute Gasteiger partial charge is 0.269 e. The molecule has 0 fully saturated rings. The Hall–Kier alpha value is -3.88. The van der Waals surface area contributed by atoms with E-state index in [4.69, 9.17) is 9.47 Å². The Morgan fingerprint density at radius 3 is 1.50 bits per heavy atom. The number of carbonyl (C=O) groups excluding carboxylic acids is 2. The molecule has 0 saturated carbocycles. The zero-order valence-corrected chi connectivity index (χ0v) is 20.1. The van der Waals surface area contributed by atoms with Gasteiger partial charge in [-0.2, -0.15) is 0 Å². The molecule has 0 aliphatic heterocycles. The van der Waals surface area contributed by atoms with Gasteiger partial charge in [0.15, 0.2) is 0 Å². The van der Waals surface area contributed by atoms with E-state index in [1.165, 1.54) is 0 Å². The van der Waals surface area contributed by atoms with E-state index in [1.54, 1.807) is 12.1 Å². The van der Waals surface area contributed by atoms with Crippen molar-refractivity contribution in [3.8, 4) is 0 Å². The number of benzene rings is 2. The van der Waals surface area contributed by atoms with Gasteiger partial charge in [-0.3, -0.25) is 9.59 Å². The number of carbonyl (C=O) groups is 2. The number of aromatic nitrogens is 2. The Balaban J connectivity index is 0.995. The molecule has 4 aromatic rings. The van der Waals surface area contributed by atoms with Crippen LogP contribution in [0.4, 0.5) is 0 Å². The first-order chi connectivity index (χ1) is 17.7. The van der Waals surface area contributed by atoms with Gasteiger partial charge >= 0.3 is 0 Å². The Bertz CT molecular complexity index is 1210. The highest BCUT2D eigenvalue weighted by Crippen LogP contribution is 2.12. The maximum Gasteiger partial charge on any atom is 0.269 e. The number of nitrogens with zero attached hydrogens (tertiary/aromatic N) is 2. The lowest BCUT2D eigenvalue weighted by atomic mass is 10.2. The number of amides is 2. The van der Waals surface area contributed by atoms with E-state index >= 15 is 0 Å². The maximum absolute atomic E-state index is 12.3. The first kappa shape index (κ1) is 25.2. The third kappa shape index (κ3) is 7.31. The molecular formula is C28H30N4O4. The van der Waals surface area contributed by atoms with Gasteiger partial charge in [0.2, 0.25) is 0 Å². The third-order valence-electron chi connectivity index (χ3n) is 5.54. The standard InChI is InChI=1S/C28H30N4O4/c33-27(25-13-11-21-7-1-3-9-23(21)31-25)29-15-5-17-35-19-20-36-18-6-16-30-28(34)26-14-12-22-8-2-4-10-24(22)32-26/h1-4,7-14H,5-6,15-20H2,(H,29,33)(H,30,34). The summed E-state index contributed by atoms with van der Waals surface area (Å²) >= 11 is 0. The quantitative estimate of drug-likeness (QED) is 0.279. The molecule has 0 saturated heterocycles. The number of para-hydroxylation sites is 2. The highest BCUT2D eigenvalue weighted by Gasteiger charge is 2.08. The van der Waals surface area contributed by atoms with Crippen LogP contribution in [0, 0.1) is 0 Å². The fourth-order valence-corrected chi connectivity index (χ4v) is 3.64. The molecule has 36 heavy (non-hydrogen) atoms. The summed E-state index contributed by atoms with van der Waals surface area (Å²) in [5.74, 6) is -0.375. The number of hydrogen-bond donors (Lipinski definition) is 2. The summed E-state index contributed by atoms with van der Waals surface area (Å²) in [6.07, 6.45) is 1.41. The Morgan fingerprint density at radius 1 is 0.583 bits per heavy atom. The van der Waals surface area contributed by atoms with Crippen LogP contribution in [0.1, 0.15) is 33.8 Å². The van der Waals surface area contributed by atoms with Gasteiger partial charge in [0.25, 0.3) is 11.8 Å². The molecule has 0 bridgehead atoms. The average Bonchev–Trinajstić information content (AvgIpc) is 2.92. The molecule has 2 N–H and O–H groups in total. The Morgan fingerprint density at radius 2 is 1.03 bits per heavy atom. The average molecular weight is 487 g/mol. The number of ether oxygens (including phenoxy) is 2. The highest BCUT2D eigenvalue weighted by molar-refractivity contribution is 5.95. The molecule has 2 amide bonds. The molecule has 8 heteroatoms. The van der Waals surface area contributed by atoms with Crippen LogP contribution in [-0.4, -0.2) is 61.3 Å². The lowest BCUT2D eigenvalue weighted by Crippen LogP contribution is -2.26. The molecule has 0 unspecified atom stereocenters. The minimum atomic E-state index is -0.187. The summed E-state index contributed by atoms with van der Waals surface area (Å²) < 4.78 is 11.1. The summed E-state index contributed by atoms with van der Waals surface area (Å²) in [4.78, 5) is 33.3. The van der Waals surface area contributed by atoms with Crippen molar-refractivity contribution in [3.63, 3.8) is 0 Å². The van der Waals surface area contributed by atoms with Crippen molar-refractivity contribution in [1.82, 2.24) is 20.6 Å². The van der Waals surface area contributed by atoms with Crippen LogP contribution >= 0.6 is 0 Å². The Labute approximate surface area is 210 Å². The fraction of sp³-hybridized carbons (Fsp3) is 0.286. The van der Waals surface area contributed by atoms with Crippen molar-refractivity contribution in [2.24, 2.45) is 0 Å². The van der Waals surface area contributed by atoms with Crippen molar-refractivity contribution in [2.75, 3.05) is 39.5 Å². The van der Waals surface area contributed by atoms with Crippen molar-refractivity contribution in [1.29, 1.82) is 0 Å². The monoisotopic (exact) mass is 486 g/mol. The molecule has 0 radical (unpaired) electrons. The largest absolute Gasteiger partial charge is 0.379 e. The summed E-state index contributed by atoms with van der Waals surface area (Å²) in [5, 5.41) is 7.75. The molecular weight excluding hydrogens is 456 g/mol. The van der Waals surface area contributed by atoms with Crippen molar-refractivity contribution < 1.29 is 19.1 Å². The predicted molar refractivity (Wildman–Crippen MR) is 139 cm³/mol. The number of fused-ring (bicyclic) bond motifs is 2. The second kappa shape index (κ2) is 13.3. The molecule has 2 heterocycles. The maximum atomic E-state index is 12.3. The molecule has 0 aliphatic carbocycles. The van der Waals surface area contributed by atoms with Gasteiger partial charge in [-0.25, -0.2) is 9.97 Å². The lowest BCUT2D eigenvalue weighted by molar-refractivity contribution is 0.0458. The summed E-state index contributed by atoms with van der Waals surface area (Å²) in [6, 6.07) is 22.7. The van der Waals surface area contributed by atoms with Crippen molar-refractivity contribution >= 4 is 33.6 Å². The number of hydrogen-bond acceptors (Lipinski definition) is 6. The first-order valence-electron chi connectivity index (χ1n) is 12.1. The van der Waals surface area contributed by atoms with Crippen molar-refractivity contribution in [3.05, 3.63) is 84.2 Å². The van der Waals surface area contributed by atoms with Gasteiger partial charge in [0, 0.05) is 37.1 Å². The minimum absolute atomic E-state index is 0.187. The lowest BCUT2D eigenvalue weighted by Gasteiger charge is -2.08. The van der Waals surface area contributed by atoms with Gasteiger partial charge in [-0.1, -0.05) is 48.5 Å². The van der Waals surface area contributed by atoms with E-state index in [-0.39, 0.29) is 11.8 Å². The van der Waals surface area contributed by atoms with Gasteiger partial charge in [-0.05, 0) is 37.1 Å². The van der Waals surface area contributed by atoms with E-state index < -0.39 is 0 Å². The molecule has 0 spiro atoms. The van der Waals surface area contributed by atoms with Gasteiger partial charge in [0.1, 0.15) is 11.4 Å². The number of pyridine rings is 2.